The second-order valence-electron chi connectivity index (χ2n) is 20.7. The number of aromatic carboxylic acids is 1. The van der Waals surface area contributed by atoms with Crippen molar-refractivity contribution in [1.29, 1.82) is 0 Å². The molecule has 95 heavy (non-hydrogen) atoms. The highest BCUT2D eigenvalue weighted by Crippen LogP contribution is 2.36. The van der Waals surface area contributed by atoms with Crippen molar-refractivity contribution in [3.05, 3.63) is 179 Å². The predicted octanol–water partition coefficient (Wildman–Crippen LogP) is 7.92. The van der Waals surface area contributed by atoms with E-state index >= 15 is 0 Å². The Hall–Kier alpha value is -12.6. The zero-order valence-electron chi connectivity index (χ0n) is 49.8. The van der Waals surface area contributed by atoms with Gasteiger partial charge in [-0.25, -0.2) is 52.7 Å². The summed E-state index contributed by atoms with van der Waals surface area (Å²) >= 11 is 0. The number of benzene rings is 6. The van der Waals surface area contributed by atoms with E-state index in [0.29, 0.717) is 30.6 Å². The van der Waals surface area contributed by atoms with Crippen molar-refractivity contribution < 1.29 is 86.1 Å². The number of aromatic nitrogens is 4. The maximum atomic E-state index is 14.5. The minimum Gasteiger partial charge on any atom is -0.507 e. The Kier molecular flexibility index (Phi) is 19.8. The zero-order valence-corrected chi connectivity index (χ0v) is 50.6. The SMILES string of the molecule is CCOc1cc(C(=O)Nc2cccc3c(OCC(=O)O)cc(C(=O)O)nc23)nc2c(NC(=O)c3cc(OCC(=O)O)c4cccc(NC(=O)c5cc(O)c6cccc(NC(=O)NCCCCOc7cccc(CNC(=O)c8ccc(S(N)(=O)=O)cc8)c7)c6n5)c4n3)cccc12. The summed E-state index contributed by atoms with van der Waals surface area (Å²) in [6.07, 6.45) is 1.04. The van der Waals surface area contributed by atoms with Gasteiger partial charge in [0.2, 0.25) is 10.0 Å². The second kappa shape index (κ2) is 28.7. The third-order valence-electron chi connectivity index (χ3n) is 14.1. The summed E-state index contributed by atoms with van der Waals surface area (Å²) in [4.78, 5) is 122. The molecule has 6 aromatic carbocycles. The number of aromatic hydroxyl groups is 1. The van der Waals surface area contributed by atoms with E-state index in [9.17, 15) is 67.2 Å². The third kappa shape index (κ3) is 15.8. The average Bonchev–Trinajstić information content (AvgIpc) is 0.793. The number of primary sulfonamides is 1. The first kappa shape index (κ1) is 65.4. The third-order valence-corrected chi connectivity index (χ3v) is 15.0. The lowest BCUT2D eigenvalue weighted by Gasteiger charge is -2.16. The first-order valence-corrected chi connectivity index (χ1v) is 30.3. The molecule has 10 aromatic rings. The molecule has 0 bridgehead atoms. The number of nitrogens with one attached hydrogen (secondary N) is 6. The molecule has 6 amide bonds. The van der Waals surface area contributed by atoms with Crippen LogP contribution in [0.3, 0.4) is 0 Å². The molecular weight excluding hydrogens is 1250 g/mol. The number of aliphatic carboxylic acids is 2. The molecule has 0 aliphatic carbocycles. The number of carbonyl (C=O) groups excluding carboxylic acids is 5. The van der Waals surface area contributed by atoms with Gasteiger partial charge in [0.15, 0.2) is 18.9 Å². The number of nitrogens with zero attached hydrogens (tertiary/aromatic N) is 4. The molecule has 4 aromatic heterocycles. The van der Waals surface area contributed by atoms with Crippen molar-refractivity contribution in [3.63, 3.8) is 0 Å². The number of hydrogen-bond acceptors (Lipinski definition) is 19. The zero-order chi connectivity index (χ0) is 67.5. The van der Waals surface area contributed by atoms with Crippen molar-refractivity contribution in [2.75, 3.05) is 54.2 Å². The van der Waals surface area contributed by atoms with Crippen LogP contribution in [0.4, 0.5) is 27.5 Å². The van der Waals surface area contributed by atoms with E-state index in [4.69, 9.17) is 24.1 Å². The summed E-state index contributed by atoms with van der Waals surface area (Å²) < 4.78 is 46.0. The summed E-state index contributed by atoms with van der Waals surface area (Å²) in [6.45, 7) is 0.856. The molecule has 0 saturated carbocycles. The fraction of sp³-hybridized carbons (Fsp3) is 0.138. The highest BCUT2D eigenvalue weighted by atomic mass is 32.2. The van der Waals surface area contributed by atoms with Gasteiger partial charge in [-0.3, -0.25) is 19.2 Å². The van der Waals surface area contributed by atoms with Crippen molar-refractivity contribution >= 4 is 124 Å². The molecule has 30 heteroatoms. The number of urea groups is 1. The van der Waals surface area contributed by atoms with Crippen molar-refractivity contribution in [2.45, 2.75) is 31.2 Å². The molecule has 0 radical (unpaired) electrons. The highest BCUT2D eigenvalue weighted by molar-refractivity contribution is 7.89. The quantitative estimate of drug-likeness (QED) is 0.0229. The summed E-state index contributed by atoms with van der Waals surface area (Å²) in [5.74, 6) is -7.08. The molecule has 12 N–H and O–H groups in total. The minimum atomic E-state index is -3.91. The Bertz CT molecular complexity index is 4860. The number of carbonyl (C=O) groups is 8. The Balaban J connectivity index is 0.821. The molecule has 0 aliphatic heterocycles. The van der Waals surface area contributed by atoms with Crippen molar-refractivity contribution in [2.24, 2.45) is 5.14 Å². The van der Waals surface area contributed by atoms with Crippen molar-refractivity contribution in [3.8, 4) is 28.7 Å². The number of carboxylic acids is 3. The number of ether oxygens (including phenoxy) is 4. The van der Waals surface area contributed by atoms with E-state index in [2.05, 4.69) is 51.8 Å². The average molecular weight is 1310 g/mol. The molecular formula is C65H55N11O18S. The minimum absolute atomic E-state index is 0.00381. The number of amides is 6. The smallest absolute Gasteiger partial charge is 0.354 e. The van der Waals surface area contributed by atoms with E-state index < -0.39 is 76.5 Å². The summed E-state index contributed by atoms with van der Waals surface area (Å²) in [7, 11) is -3.91. The molecule has 0 saturated heterocycles. The van der Waals surface area contributed by atoms with Gasteiger partial charge in [-0.1, -0.05) is 36.4 Å². The van der Waals surface area contributed by atoms with Gasteiger partial charge < -0.3 is 71.3 Å². The van der Waals surface area contributed by atoms with Gasteiger partial charge in [-0.2, -0.15) is 0 Å². The molecule has 484 valence electrons. The number of carboxylic acid groups (broad SMARTS) is 3. The Morgan fingerprint density at radius 3 is 1.43 bits per heavy atom. The molecule has 4 heterocycles. The fourth-order valence-corrected chi connectivity index (χ4v) is 10.2. The highest BCUT2D eigenvalue weighted by Gasteiger charge is 2.24. The lowest BCUT2D eigenvalue weighted by molar-refractivity contribution is -0.140. The number of anilines is 4. The molecule has 0 atom stereocenters. The summed E-state index contributed by atoms with van der Waals surface area (Å²) in [6, 6.07) is 34.6. The number of pyridine rings is 4. The Labute approximate surface area is 537 Å². The number of unbranched alkanes of at least 4 members (excludes halogenated alkanes) is 1. The van der Waals surface area contributed by atoms with Crippen LogP contribution in [-0.4, -0.2) is 129 Å². The van der Waals surface area contributed by atoms with E-state index in [1.807, 2.05) is 0 Å². The molecule has 29 nitrogen and oxygen atoms in total. The number of para-hydroxylation sites is 4. The first-order chi connectivity index (χ1) is 45.6. The first-order valence-electron chi connectivity index (χ1n) is 28.7. The van der Waals surface area contributed by atoms with Crippen LogP contribution in [-0.2, 0) is 26.2 Å². The number of fused-ring (bicyclic) bond motifs is 4. The molecule has 10 rings (SSSR count). The second-order valence-corrected chi connectivity index (χ2v) is 22.2. The molecule has 0 fully saturated rings. The van der Waals surface area contributed by atoms with Gasteiger partial charge in [-0.15, -0.1) is 0 Å². The van der Waals surface area contributed by atoms with Gasteiger partial charge in [0.25, 0.3) is 23.6 Å². The van der Waals surface area contributed by atoms with Gasteiger partial charge >= 0.3 is 23.9 Å². The van der Waals surface area contributed by atoms with Gasteiger partial charge in [-0.05, 0) is 110 Å². The van der Waals surface area contributed by atoms with E-state index in [1.165, 1.54) is 91.0 Å². The topological polar surface area (TPSA) is 438 Å². The monoisotopic (exact) mass is 1310 g/mol. The number of hydrogen-bond donors (Lipinski definition) is 11. The fourth-order valence-electron chi connectivity index (χ4n) is 9.71. The van der Waals surface area contributed by atoms with Crippen LogP contribution < -0.4 is 56.0 Å². The Morgan fingerprint density at radius 2 is 0.937 bits per heavy atom. The van der Waals surface area contributed by atoms with Gasteiger partial charge in [0.05, 0.1) is 62.9 Å². The lowest BCUT2D eigenvalue weighted by atomic mass is 10.1. The number of rotatable bonds is 26. The van der Waals surface area contributed by atoms with Gasteiger partial charge in [0.1, 0.15) is 45.8 Å². The number of sulfonamides is 1. The maximum Gasteiger partial charge on any atom is 0.354 e. The number of nitrogens with two attached hydrogens (primary N) is 1. The van der Waals surface area contributed by atoms with E-state index in [0.717, 1.165) is 17.7 Å². The van der Waals surface area contributed by atoms with Crippen LogP contribution >= 0.6 is 0 Å². The van der Waals surface area contributed by atoms with Crippen LogP contribution in [0.1, 0.15) is 77.6 Å². The maximum absolute atomic E-state index is 14.5. The van der Waals surface area contributed by atoms with Crippen LogP contribution in [0.5, 0.6) is 28.7 Å². The largest absolute Gasteiger partial charge is 0.507 e. The predicted molar refractivity (Wildman–Crippen MR) is 344 cm³/mol. The molecule has 0 aliphatic rings. The standard InChI is InChI=1S/C65H55N11O18S/c1-2-91-51-28-47(62(84)75-44-18-9-15-41-53(94-33-55(80)81)30-49(64(86)87)72-59(41)44)70-57-39(51)13-7-16-42(57)74-63(85)48-29-52(93-32-54(78)79)40-14-8-17-43(58(40)71-48)73-61(83)46-27-50(77)38-12-6-19-45(56(38)69-46)76-65(88)67-24-3-4-25-92-36-11-5-10-34(26-36)31-68-60(82)35-20-22-37(23-21-35)95(66,89)90/h5-23,26-30H,2-4,24-25,31-33H2,1H3,(H,68,82)(H,69,77)(H,73,83)(H,74,85)(H,75,84)(H,78,79)(H,80,81)(H,86,87)(H2,66,89,90)(H2,67,76,88). The van der Waals surface area contributed by atoms with Crippen LogP contribution in [0.25, 0.3) is 43.6 Å². The summed E-state index contributed by atoms with van der Waals surface area (Å²) in [5.41, 5.74) is -0.266. The van der Waals surface area contributed by atoms with Crippen molar-refractivity contribution in [1.82, 2.24) is 30.6 Å². The van der Waals surface area contributed by atoms with Crippen LogP contribution in [0, 0.1) is 0 Å². The normalized spacial score (nSPS) is 11.1. The van der Waals surface area contributed by atoms with Gasteiger partial charge in [0, 0.05) is 64.5 Å². The summed E-state index contributed by atoms with van der Waals surface area (Å²) in [5, 5.41) is 62.3. The lowest BCUT2D eigenvalue weighted by Crippen LogP contribution is -2.29. The van der Waals surface area contributed by atoms with Crippen LogP contribution in [0.2, 0.25) is 0 Å². The van der Waals surface area contributed by atoms with E-state index in [1.54, 1.807) is 49.4 Å². The van der Waals surface area contributed by atoms with E-state index in [-0.39, 0.29) is 131 Å². The van der Waals surface area contributed by atoms with Crippen LogP contribution in [0.15, 0.2) is 150 Å². The molecule has 0 unspecified atom stereocenters. The molecule has 0 spiro atoms. The Morgan fingerprint density at radius 1 is 0.484 bits per heavy atom.